The summed E-state index contributed by atoms with van der Waals surface area (Å²) in [5, 5.41) is 10.9. The molecule has 0 bridgehead atoms. The topological polar surface area (TPSA) is 63.4 Å². The quantitative estimate of drug-likeness (QED) is 0.528. The normalized spacial score (nSPS) is 19.9. The van der Waals surface area contributed by atoms with Gasteiger partial charge < -0.3 is 4.90 Å². The monoisotopic (exact) mass is 306 g/mol. The standard InChI is InChI=1S/C15H18N2O3S/c18-14-13-8-12(17(19)20)3-2-11(13)4-7-16(14)9-15(10-21)5-1-6-15/h2-3,8,21H,1,4-7,9-10H2. The smallest absolute Gasteiger partial charge is 0.270 e. The van der Waals surface area contributed by atoms with Crippen molar-refractivity contribution in [3.63, 3.8) is 0 Å². The van der Waals surface area contributed by atoms with Crippen molar-refractivity contribution in [3.8, 4) is 0 Å². The van der Waals surface area contributed by atoms with Crippen molar-refractivity contribution >= 4 is 24.2 Å². The van der Waals surface area contributed by atoms with Crippen LogP contribution in [0, 0.1) is 15.5 Å². The van der Waals surface area contributed by atoms with Gasteiger partial charge in [0, 0.05) is 30.8 Å². The number of rotatable bonds is 4. The lowest BCUT2D eigenvalue weighted by molar-refractivity contribution is -0.384. The molecule has 0 aromatic heterocycles. The molecular weight excluding hydrogens is 288 g/mol. The first-order valence-corrected chi connectivity index (χ1v) is 7.85. The van der Waals surface area contributed by atoms with E-state index in [1.54, 1.807) is 6.07 Å². The molecule has 1 fully saturated rings. The van der Waals surface area contributed by atoms with E-state index in [4.69, 9.17) is 0 Å². The van der Waals surface area contributed by atoms with Gasteiger partial charge in [-0.05, 0) is 36.0 Å². The summed E-state index contributed by atoms with van der Waals surface area (Å²) in [6.45, 7) is 1.41. The average molecular weight is 306 g/mol. The second-order valence-electron chi connectivity index (χ2n) is 6.09. The predicted octanol–water partition coefficient (Wildman–Crippen LogP) is 2.69. The Labute approximate surface area is 128 Å². The van der Waals surface area contributed by atoms with E-state index in [-0.39, 0.29) is 17.0 Å². The summed E-state index contributed by atoms with van der Waals surface area (Å²) < 4.78 is 0. The molecule has 0 spiro atoms. The number of nitro groups is 1. The van der Waals surface area contributed by atoms with Gasteiger partial charge in [-0.1, -0.05) is 12.5 Å². The molecule has 1 saturated carbocycles. The van der Waals surface area contributed by atoms with E-state index < -0.39 is 4.92 Å². The molecule has 5 nitrogen and oxygen atoms in total. The molecular formula is C15H18N2O3S. The summed E-state index contributed by atoms with van der Waals surface area (Å²) in [6, 6.07) is 4.60. The van der Waals surface area contributed by atoms with Crippen LogP contribution in [-0.4, -0.2) is 34.6 Å². The summed E-state index contributed by atoms with van der Waals surface area (Å²) in [4.78, 5) is 24.9. The molecule has 0 saturated heterocycles. The zero-order valence-corrected chi connectivity index (χ0v) is 12.6. The van der Waals surface area contributed by atoms with Crippen LogP contribution >= 0.6 is 12.6 Å². The third-order valence-corrected chi connectivity index (χ3v) is 5.42. The van der Waals surface area contributed by atoms with Gasteiger partial charge in [0.15, 0.2) is 0 Å². The molecule has 1 aromatic rings. The fourth-order valence-electron chi connectivity index (χ4n) is 3.22. The van der Waals surface area contributed by atoms with Gasteiger partial charge in [-0.15, -0.1) is 0 Å². The fraction of sp³-hybridized carbons (Fsp3) is 0.533. The summed E-state index contributed by atoms with van der Waals surface area (Å²) in [5.41, 5.74) is 1.53. The number of carbonyl (C=O) groups excluding carboxylic acids is 1. The van der Waals surface area contributed by atoms with Crippen LogP contribution in [0.15, 0.2) is 18.2 Å². The van der Waals surface area contributed by atoms with Crippen LogP contribution in [0.25, 0.3) is 0 Å². The Kier molecular flexibility index (Phi) is 3.65. The van der Waals surface area contributed by atoms with E-state index in [1.165, 1.54) is 18.6 Å². The van der Waals surface area contributed by atoms with Gasteiger partial charge in [-0.25, -0.2) is 0 Å². The summed E-state index contributed by atoms with van der Waals surface area (Å²) in [6.07, 6.45) is 4.19. The molecule has 1 aliphatic carbocycles. The number of nitrogens with zero attached hydrogens (tertiary/aromatic N) is 2. The van der Waals surface area contributed by atoms with Crippen LogP contribution in [0.2, 0.25) is 0 Å². The summed E-state index contributed by atoms with van der Waals surface area (Å²) in [7, 11) is 0. The predicted molar refractivity (Wildman–Crippen MR) is 82.8 cm³/mol. The van der Waals surface area contributed by atoms with Gasteiger partial charge in [0.05, 0.1) is 4.92 Å². The Bertz CT molecular complexity index is 593. The van der Waals surface area contributed by atoms with Crippen molar-refractivity contribution in [1.29, 1.82) is 0 Å². The van der Waals surface area contributed by atoms with Crippen LogP contribution in [0.3, 0.4) is 0 Å². The van der Waals surface area contributed by atoms with Crippen molar-refractivity contribution in [1.82, 2.24) is 4.90 Å². The number of nitro benzene ring substituents is 1. The minimum atomic E-state index is -0.451. The van der Waals surface area contributed by atoms with E-state index in [0.29, 0.717) is 12.1 Å². The number of benzene rings is 1. The van der Waals surface area contributed by atoms with E-state index in [9.17, 15) is 14.9 Å². The lowest BCUT2D eigenvalue weighted by atomic mass is 9.69. The number of non-ortho nitro benzene ring substituents is 1. The highest BCUT2D eigenvalue weighted by Gasteiger charge is 2.39. The van der Waals surface area contributed by atoms with Crippen molar-refractivity contribution in [3.05, 3.63) is 39.4 Å². The SMILES string of the molecule is O=C1c2cc([N+](=O)[O-])ccc2CCN1CC1(CS)CCC1. The Morgan fingerprint density at radius 1 is 1.38 bits per heavy atom. The zero-order chi connectivity index (χ0) is 15.0. The van der Waals surface area contributed by atoms with E-state index in [2.05, 4.69) is 12.6 Å². The zero-order valence-electron chi connectivity index (χ0n) is 11.7. The van der Waals surface area contributed by atoms with E-state index in [0.717, 1.165) is 37.1 Å². The Morgan fingerprint density at radius 3 is 2.71 bits per heavy atom. The molecule has 112 valence electrons. The van der Waals surface area contributed by atoms with Crippen LogP contribution in [0.5, 0.6) is 0 Å². The van der Waals surface area contributed by atoms with Crippen molar-refractivity contribution in [2.45, 2.75) is 25.7 Å². The Balaban J connectivity index is 1.84. The van der Waals surface area contributed by atoms with Gasteiger partial charge in [0.1, 0.15) is 0 Å². The third-order valence-electron chi connectivity index (χ3n) is 4.75. The second-order valence-corrected chi connectivity index (χ2v) is 6.40. The van der Waals surface area contributed by atoms with Crippen molar-refractivity contribution in [2.24, 2.45) is 5.41 Å². The van der Waals surface area contributed by atoms with Gasteiger partial charge in [0.25, 0.3) is 11.6 Å². The molecule has 1 amide bonds. The maximum atomic E-state index is 12.6. The molecule has 6 heteroatoms. The largest absolute Gasteiger partial charge is 0.338 e. The first-order chi connectivity index (χ1) is 10.0. The average Bonchev–Trinajstić information content (AvgIpc) is 2.44. The number of thiol groups is 1. The van der Waals surface area contributed by atoms with Crippen LogP contribution < -0.4 is 0 Å². The Hall–Kier alpha value is -1.56. The van der Waals surface area contributed by atoms with Crippen LogP contribution in [0.1, 0.15) is 35.2 Å². The molecule has 2 aliphatic rings. The van der Waals surface area contributed by atoms with Gasteiger partial charge >= 0.3 is 0 Å². The number of fused-ring (bicyclic) bond motifs is 1. The number of hydrogen-bond donors (Lipinski definition) is 1. The van der Waals surface area contributed by atoms with Gasteiger partial charge in [0.2, 0.25) is 0 Å². The third kappa shape index (κ3) is 2.52. The Morgan fingerprint density at radius 2 is 2.14 bits per heavy atom. The summed E-state index contributed by atoms with van der Waals surface area (Å²) in [5.74, 6) is 0.714. The maximum absolute atomic E-state index is 12.6. The van der Waals surface area contributed by atoms with Crippen LogP contribution in [0.4, 0.5) is 5.69 Å². The summed E-state index contributed by atoms with van der Waals surface area (Å²) >= 11 is 4.43. The van der Waals surface area contributed by atoms with Gasteiger partial charge in [-0.3, -0.25) is 14.9 Å². The molecule has 3 rings (SSSR count). The lowest BCUT2D eigenvalue weighted by Crippen LogP contribution is -2.48. The van der Waals surface area contributed by atoms with Crippen LogP contribution in [-0.2, 0) is 6.42 Å². The number of amides is 1. The molecule has 1 heterocycles. The number of hydrogen-bond acceptors (Lipinski definition) is 4. The minimum absolute atomic E-state index is 0.0171. The molecule has 0 unspecified atom stereocenters. The van der Waals surface area contributed by atoms with Crippen molar-refractivity contribution in [2.75, 3.05) is 18.8 Å². The van der Waals surface area contributed by atoms with E-state index in [1.807, 2.05) is 4.90 Å². The highest BCUT2D eigenvalue weighted by atomic mass is 32.1. The minimum Gasteiger partial charge on any atom is -0.338 e. The number of carbonyl (C=O) groups is 1. The highest BCUT2D eigenvalue weighted by molar-refractivity contribution is 7.80. The first-order valence-electron chi connectivity index (χ1n) is 7.22. The fourth-order valence-corrected chi connectivity index (χ4v) is 3.64. The van der Waals surface area contributed by atoms with E-state index >= 15 is 0 Å². The van der Waals surface area contributed by atoms with Gasteiger partial charge in [-0.2, -0.15) is 12.6 Å². The molecule has 0 N–H and O–H groups in total. The molecule has 0 radical (unpaired) electrons. The second kappa shape index (κ2) is 5.33. The molecule has 21 heavy (non-hydrogen) atoms. The molecule has 1 aromatic carbocycles. The van der Waals surface area contributed by atoms with Crippen molar-refractivity contribution < 1.29 is 9.72 Å². The first kappa shape index (κ1) is 14.4. The highest BCUT2D eigenvalue weighted by Crippen LogP contribution is 2.43. The molecule has 1 aliphatic heterocycles. The molecule has 0 atom stereocenters. The lowest BCUT2D eigenvalue weighted by Gasteiger charge is -2.45. The maximum Gasteiger partial charge on any atom is 0.270 e.